The highest BCUT2D eigenvalue weighted by molar-refractivity contribution is 7.87. The molecule has 1 rings (SSSR count). The summed E-state index contributed by atoms with van der Waals surface area (Å²) in [5.74, 6) is -3.19. The maximum absolute atomic E-state index is 11.2. The van der Waals surface area contributed by atoms with Gasteiger partial charge in [-0.3, -0.25) is 14.1 Å². The fraction of sp³-hybridized carbons (Fsp3) is 0.700. The van der Waals surface area contributed by atoms with E-state index in [-0.39, 0.29) is 5.06 Å². The van der Waals surface area contributed by atoms with Crippen molar-refractivity contribution in [3.63, 3.8) is 0 Å². The van der Waals surface area contributed by atoms with Crippen LogP contribution in [0.1, 0.15) is 41.0 Å². The zero-order chi connectivity index (χ0) is 15.8. The second kappa shape index (κ2) is 8.59. The Hall–Kier alpha value is -1.48. The topological polar surface area (TPSA) is 118 Å². The molecule has 0 radical (unpaired) electrons. The van der Waals surface area contributed by atoms with Gasteiger partial charge >= 0.3 is 5.97 Å². The number of nitrogens with zero attached hydrogens (tertiary/aromatic N) is 1. The first-order valence-corrected chi connectivity index (χ1v) is 7.25. The Balaban J connectivity index is 0. The Morgan fingerprint density at radius 2 is 1.68 bits per heavy atom. The van der Waals surface area contributed by atoms with Crippen LogP contribution >= 0.6 is 0 Å². The second-order valence-corrected chi connectivity index (χ2v) is 4.42. The van der Waals surface area contributed by atoms with Crippen molar-refractivity contribution in [3.05, 3.63) is 0 Å². The Morgan fingerprint density at radius 1 is 1.26 bits per heavy atom. The maximum atomic E-state index is 11.2. The summed E-state index contributed by atoms with van der Waals surface area (Å²) in [6, 6.07) is 0. The van der Waals surface area contributed by atoms with Crippen LogP contribution in [0, 0.1) is 0 Å². The number of rotatable bonds is 2. The van der Waals surface area contributed by atoms with Gasteiger partial charge in [0.25, 0.3) is 21.9 Å². The largest absolute Gasteiger partial charge is 0.331 e. The number of hydrogen-bond acceptors (Lipinski definition) is 6. The third-order valence-electron chi connectivity index (χ3n) is 1.64. The number of carbonyl (C=O) groups is 3. The van der Waals surface area contributed by atoms with E-state index >= 15 is 0 Å². The number of imide groups is 1. The van der Waals surface area contributed by atoms with Crippen LogP contribution in [0.3, 0.4) is 0 Å². The molecule has 0 aliphatic carbocycles. The number of hydrogen-bond donors (Lipinski definition) is 1. The van der Waals surface area contributed by atoms with E-state index in [9.17, 15) is 22.8 Å². The summed E-state index contributed by atoms with van der Waals surface area (Å²) in [6.45, 7) is 8.95. The summed E-state index contributed by atoms with van der Waals surface area (Å²) in [5, 5.41) is -1.84. The predicted molar refractivity (Wildman–Crippen MR) is 66.3 cm³/mol. The molecule has 1 heterocycles. The van der Waals surface area contributed by atoms with Gasteiger partial charge in [-0.05, 0) is 0 Å². The SMILES string of the molecule is CC.CC.CC(=O)ON1C(=O)CC(S(=O)(=O)O)C1=O. The van der Waals surface area contributed by atoms with Crippen molar-refractivity contribution in [1.82, 2.24) is 5.06 Å². The summed E-state index contributed by atoms with van der Waals surface area (Å²) in [7, 11) is -4.66. The number of hydroxylamine groups is 2. The quantitative estimate of drug-likeness (QED) is 0.583. The van der Waals surface area contributed by atoms with Gasteiger partial charge in [0.2, 0.25) is 0 Å². The lowest BCUT2D eigenvalue weighted by atomic mass is 10.4. The van der Waals surface area contributed by atoms with Crippen molar-refractivity contribution >= 4 is 27.9 Å². The van der Waals surface area contributed by atoms with Crippen molar-refractivity contribution in [2.75, 3.05) is 0 Å². The van der Waals surface area contributed by atoms with Gasteiger partial charge in [-0.1, -0.05) is 27.7 Å². The lowest BCUT2D eigenvalue weighted by Gasteiger charge is -2.10. The Kier molecular flexibility index (Phi) is 8.98. The Bertz CT molecular complexity index is 429. The van der Waals surface area contributed by atoms with Crippen LogP contribution < -0.4 is 0 Å². The van der Waals surface area contributed by atoms with Crippen molar-refractivity contribution < 1.29 is 32.2 Å². The molecule has 1 atom stereocenters. The molecule has 0 aromatic heterocycles. The number of carbonyl (C=O) groups excluding carboxylic acids is 3. The van der Waals surface area contributed by atoms with Crippen molar-refractivity contribution in [2.45, 2.75) is 46.3 Å². The highest BCUT2D eigenvalue weighted by Gasteiger charge is 2.48. The van der Waals surface area contributed by atoms with Crippen molar-refractivity contribution in [2.24, 2.45) is 0 Å². The van der Waals surface area contributed by atoms with Gasteiger partial charge in [0, 0.05) is 6.92 Å². The van der Waals surface area contributed by atoms with Crippen LogP contribution in [-0.2, 0) is 29.3 Å². The lowest BCUT2D eigenvalue weighted by molar-refractivity contribution is -0.195. The second-order valence-electron chi connectivity index (χ2n) is 2.82. The molecule has 0 saturated carbocycles. The first-order chi connectivity index (χ1) is 8.73. The third-order valence-corrected chi connectivity index (χ3v) is 2.73. The average molecular weight is 297 g/mol. The van der Waals surface area contributed by atoms with E-state index in [0.717, 1.165) is 6.92 Å². The van der Waals surface area contributed by atoms with Crippen LogP contribution in [-0.4, -0.2) is 41.1 Å². The van der Waals surface area contributed by atoms with E-state index in [1.807, 2.05) is 27.7 Å². The summed E-state index contributed by atoms with van der Waals surface area (Å²) >= 11 is 0. The molecule has 0 aromatic rings. The van der Waals surface area contributed by atoms with E-state index in [1.165, 1.54) is 0 Å². The van der Waals surface area contributed by atoms with Gasteiger partial charge in [0.15, 0.2) is 5.25 Å². The molecule has 1 saturated heterocycles. The van der Waals surface area contributed by atoms with E-state index in [2.05, 4.69) is 4.84 Å². The molecule has 9 heteroatoms. The molecular weight excluding hydrogens is 278 g/mol. The van der Waals surface area contributed by atoms with E-state index in [1.54, 1.807) is 0 Å². The van der Waals surface area contributed by atoms with Crippen LogP contribution in [0.15, 0.2) is 0 Å². The molecule has 1 aliphatic rings. The molecule has 0 spiro atoms. The third kappa shape index (κ3) is 5.79. The van der Waals surface area contributed by atoms with Crippen molar-refractivity contribution in [1.29, 1.82) is 0 Å². The monoisotopic (exact) mass is 297 g/mol. The summed E-state index contributed by atoms with van der Waals surface area (Å²) in [6.07, 6.45) is -0.731. The molecule has 0 aromatic carbocycles. The predicted octanol–water partition coefficient (Wildman–Crippen LogP) is 0.532. The van der Waals surface area contributed by atoms with E-state index < -0.39 is 39.6 Å². The highest BCUT2D eigenvalue weighted by Crippen LogP contribution is 2.19. The summed E-state index contributed by atoms with van der Waals surface area (Å²) in [5.41, 5.74) is 0. The normalized spacial score (nSPS) is 18.0. The van der Waals surface area contributed by atoms with E-state index in [0.29, 0.717) is 0 Å². The van der Waals surface area contributed by atoms with Gasteiger partial charge < -0.3 is 4.84 Å². The van der Waals surface area contributed by atoms with Crippen LogP contribution in [0.4, 0.5) is 0 Å². The minimum Gasteiger partial charge on any atom is -0.331 e. The first kappa shape index (κ1) is 19.9. The molecule has 8 nitrogen and oxygen atoms in total. The molecule has 1 fully saturated rings. The Morgan fingerprint density at radius 3 is 1.95 bits per heavy atom. The minimum atomic E-state index is -4.66. The van der Waals surface area contributed by atoms with Gasteiger partial charge in [0.05, 0.1) is 6.42 Å². The molecule has 1 aliphatic heterocycles. The van der Waals surface area contributed by atoms with Crippen LogP contribution in [0.2, 0.25) is 0 Å². The lowest BCUT2D eigenvalue weighted by Crippen LogP contribution is -2.36. The van der Waals surface area contributed by atoms with Gasteiger partial charge in [-0.2, -0.15) is 8.42 Å². The maximum Gasteiger partial charge on any atom is 0.330 e. The minimum absolute atomic E-state index is 0.0424. The molecule has 1 unspecified atom stereocenters. The molecular formula is C10H19NO7S. The molecule has 2 amide bonds. The van der Waals surface area contributed by atoms with Gasteiger partial charge in [0.1, 0.15) is 0 Å². The first-order valence-electron chi connectivity index (χ1n) is 5.75. The molecule has 19 heavy (non-hydrogen) atoms. The molecule has 0 bridgehead atoms. The zero-order valence-electron chi connectivity index (χ0n) is 11.5. The Labute approximate surface area is 112 Å². The van der Waals surface area contributed by atoms with Gasteiger partial charge in [-0.15, -0.1) is 5.06 Å². The highest BCUT2D eigenvalue weighted by atomic mass is 32.2. The molecule has 112 valence electrons. The van der Waals surface area contributed by atoms with E-state index in [4.69, 9.17) is 4.55 Å². The zero-order valence-corrected chi connectivity index (χ0v) is 12.4. The van der Waals surface area contributed by atoms with Crippen molar-refractivity contribution in [3.8, 4) is 0 Å². The fourth-order valence-electron chi connectivity index (χ4n) is 1.04. The summed E-state index contributed by atoms with van der Waals surface area (Å²) < 4.78 is 29.9. The summed E-state index contributed by atoms with van der Waals surface area (Å²) in [4.78, 5) is 36.9. The standard InChI is InChI=1S/C6H7NO7S.2C2H6/c1-3(8)14-7-5(9)2-4(6(7)10)15(11,12)13;2*1-2/h4H,2H2,1H3,(H,11,12,13);2*1-2H3. The smallest absolute Gasteiger partial charge is 0.330 e. The average Bonchev–Trinajstić information content (AvgIpc) is 2.61. The molecule has 1 N–H and O–H groups in total. The number of amides is 2. The van der Waals surface area contributed by atoms with Gasteiger partial charge in [-0.25, -0.2) is 4.79 Å². The van der Waals surface area contributed by atoms with Crippen LogP contribution in [0.25, 0.3) is 0 Å². The fourth-order valence-corrected chi connectivity index (χ4v) is 1.74. The van der Waals surface area contributed by atoms with Crippen LogP contribution in [0.5, 0.6) is 0 Å².